The van der Waals surface area contributed by atoms with Gasteiger partial charge in [0.2, 0.25) is 5.91 Å². The van der Waals surface area contributed by atoms with E-state index in [1.165, 1.54) is 11.8 Å². The zero-order valence-corrected chi connectivity index (χ0v) is 20.2. The number of carboxylic acid groups (broad SMARTS) is 1. The minimum absolute atomic E-state index is 0.0755. The first-order valence-corrected chi connectivity index (χ1v) is 13.0. The summed E-state index contributed by atoms with van der Waals surface area (Å²) in [5, 5.41) is 12.2. The molecule has 0 saturated heterocycles. The van der Waals surface area contributed by atoms with Gasteiger partial charge in [-0.3, -0.25) is 4.79 Å². The Labute approximate surface area is 203 Å². The maximum absolute atomic E-state index is 13.3. The van der Waals surface area contributed by atoms with E-state index in [0.717, 1.165) is 35.1 Å². The second-order valence-corrected chi connectivity index (χ2v) is 9.78. The monoisotopic (exact) mass is 482 g/mol. The number of amides is 2. The van der Waals surface area contributed by atoms with Crippen molar-refractivity contribution in [3.8, 4) is 11.1 Å². The molecular formula is C26H30N2O5S. The predicted molar refractivity (Wildman–Crippen MR) is 132 cm³/mol. The van der Waals surface area contributed by atoms with Gasteiger partial charge < -0.3 is 20.1 Å². The van der Waals surface area contributed by atoms with E-state index in [0.29, 0.717) is 12.2 Å². The summed E-state index contributed by atoms with van der Waals surface area (Å²) in [6.07, 6.45) is 3.22. The highest BCUT2D eigenvalue weighted by Gasteiger charge is 2.41. The molecular weight excluding hydrogens is 452 g/mol. The fourth-order valence-corrected chi connectivity index (χ4v) is 5.09. The van der Waals surface area contributed by atoms with E-state index in [1.807, 2.05) is 42.7 Å². The third-order valence-electron chi connectivity index (χ3n) is 6.51. The molecule has 0 aliphatic heterocycles. The number of carbonyl (C=O) groups is 3. The maximum Gasteiger partial charge on any atom is 0.407 e. The van der Waals surface area contributed by atoms with E-state index in [1.54, 1.807) is 11.8 Å². The van der Waals surface area contributed by atoms with Gasteiger partial charge in [0.15, 0.2) is 0 Å². The van der Waals surface area contributed by atoms with Crippen molar-refractivity contribution in [2.45, 2.75) is 50.2 Å². The van der Waals surface area contributed by atoms with Crippen LogP contribution >= 0.6 is 11.8 Å². The molecule has 180 valence electrons. The topological polar surface area (TPSA) is 95.9 Å². The Balaban J connectivity index is 1.45. The zero-order chi connectivity index (χ0) is 24.2. The number of aliphatic carboxylic acids is 1. The van der Waals surface area contributed by atoms with Crippen LogP contribution < -0.4 is 5.32 Å². The van der Waals surface area contributed by atoms with Crippen molar-refractivity contribution < 1.29 is 24.2 Å². The number of benzene rings is 2. The standard InChI is InChI=1S/C26H30N2O5S/c1-16(25(30)31)28(17-11-12-17)24(29)23(13-14-34-2)27-26(32)33-15-22-20-9-5-3-7-18(20)19-8-4-6-10-21(19)22/h3-10,16-17,22-23H,11-15H2,1-2H3,(H,27,32)(H,30,31). The van der Waals surface area contributed by atoms with Gasteiger partial charge in [-0.1, -0.05) is 48.5 Å². The Morgan fingerprint density at radius 1 is 1.09 bits per heavy atom. The summed E-state index contributed by atoms with van der Waals surface area (Å²) in [6.45, 7) is 1.67. The highest BCUT2D eigenvalue weighted by Crippen LogP contribution is 2.44. The molecule has 2 aromatic carbocycles. The highest BCUT2D eigenvalue weighted by atomic mass is 32.2. The summed E-state index contributed by atoms with van der Waals surface area (Å²) in [5.74, 6) is -0.835. The molecule has 2 unspecified atom stereocenters. The smallest absolute Gasteiger partial charge is 0.407 e. The van der Waals surface area contributed by atoms with Gasteiger partial charge in [0.25, 0.3) is 0 Å². The van der Waals surface area contributed by atoms with Crippen molar-refractivity contribution in [3.05, 3.63) is 59.7 Å². The van der Waals surface area contributed by atoms with Crippen molar-refractivity contribution in [3.63, 3.8) is 0 Å². The molecule has 1 fully saturated rings. The molecule has 34 heavy (non-hydrogen) atoms. The number of carboxylic acids is 1. The molecule has 2 N–H and O–H groups in total. The van der Waals surface area contributed by atoms with Crippen molar-refractivity contribution in [1.82, 2.24) is 10.2 Å². The van der Waals surface area contributed by atoms with Crippen molar-refractivity contribution in [1.29, 1.82) is 0 Å². The largest absolute Gasteiger partial charge is 0.480 e. The summed E-state index contributed by atoms with van der Waals surface area (Å²) in [5.41, 5.74) is 4.51. The zero-order valence-electron chi connectivity index (χ0n) is 19.4. The third kappa shape index (κ3) is 5.06. The quantitative estimate of drug-likeness (QED) is 0.529. The number of thioether (sulfide) groups is 1. The molecule has 8 heteroatoms. The molecule has 0 radical (unpaired) electrons. The van der Waals surface area contributed by atoms with Crippen LogP contribution in [-0.2, 0) is 14.3 Å². The second-order valence-electron chi connectivity index (χ2n) is 8.79. The van der Waals surface area contributed by atoms with Gasteiger partial charge in [0, 0.05) is 12.0 Å². The molecule has 2 amide bonds. The Hall–Kier alpha value is -3.00. The van der Waals surface area contributed by atoms with Crippen LogP contribution in [0.4, 0.5) is 4.79 Å². The summed E-state index contributed by atoms with van der Waals surface area (Å²) in [6, 6.07) is 14.3. The summed E-state index contributed by atoms with van der Waals surface area (Å²) in [7, 11) is 0. The van der Waals surface area contributed by atoms with Crippen LogP contribution in [0.15, 0.2) is 48.5 Å². The van der Waals surface area contributed by atoms with Gasteiger partial charge >= 0.3 is 12.1 Å². The van der Waals surface area contributed by atoms with E-state index >= 15 is 0 Å². The van der Waals surface area contributed by atoms with Crippen molar-refractivity contribution in [2.75, 3.05) is 18.6 Å². The first-order valence-electron chi connectivity index (χ1n) is 11.6. The maximum atomic E-state index is 13.3. The van der Waals surface area contributed by atoms with Crippen LogP contribution in [0.2, 0.25) is 0 Å². The minimum Gasteiger partial charge on any atom is -0.480 e. The summed E-state index contributed by atoms with van der Waals surface area (Å²) < 4.78 is 5.62. The normalized spacial score (nSPS) is 16.2. The number of carbonyl (C=O) groups excluding carboxylic acids is 2. The molecule has 0 bridgehead atoms. The Bertz CT molecular complexity index is 1030. The number of nitrogens with zero attached hydrogens (tertiary/aromatic N) is 1. The first kappa shape index (κ1) is 24.1. The third-order valence-corrected chi connectivity index (χ3v) is 7.16. The SMILES string of the molecule is CSCCC(NC(=O)OCC1c2ccccc2-c2ccccc21)C(=O)N(C1CC1)C(C)C(=O)O. The van der Waals surface area contributed by atoms with Gasteiger partial charge in [-0.25, -0.2) is 9.59 Å². The fourth-order valence-electron chi connectivity index (χ4n) is 4.61. The Kier molecular flexibility index (Phi) is 7.46. The molecule has 4 rings (SSSR count). The fraction of sp³-hybridized carbons (Fsp3) is 0.423. The molecule has 0 heterocycles. The molecule has 0 aromatic heterocycles. The number of ether oxygens (including phenoxy) is 1. The molecule has 2 aromatic rings. The van der Waals surface area contributed by atoms with Crippen LogP contribution in [0.5, 0.6) is 0 Å². The summed E-state index contributed by atoms with van der Waals surface area (Å²) in [4.78, 5) is 39.1. The predicted octanol–water partition coefficient (Wildman–Crippen LogP) is 4.11. The number of alkyl carbamates (subject to hydrolysis) is 1. The summed E-state index contributed by atoms with van der Waals surface area (Å²) >= 11 is 1.56. The Morgan fingerprint density at radius 2 is 1.68 bits per heavy atom. The van der Waals surface area contributed by atoms with E-state index < -0.39 is 24.1 Å². The molecule has 0 spiro atoms. The number of rotatable bonds is 10. The van der Waals surface area contributed by atoms with Crippen LogP contribution in [0.1, 0.15) is 43.2 Å². The van der Waals surface area contributed by atoms with Crippen LogP contribution in [-0.4, -0.2) is 64.7 Å². The number of fused-ring (bicyclic) bond motifs is 3. The first-order chi connectivity index (χ1) is 16.4. The molecule has 7 nitrogen and oxygen atoms in total. The van der Waals surface area contributed by atoms with Crippen LogP contribution in [0.25, 0.3) is 11.1 Å². The van der Waals surface area contributed by atoms with Crippen LogP contribution in [0.3, 0.4) is 0 Å². The average Bonchev–Trinajstić information content (AvgIpc) is 3.62. The van der Waals surface area contributed by atoms with Gasteiger partial charge in [-0.2, -0.15) is 11.8 Å². The van der Waals surface area contributed by atoms with E-state index in [9.17, 15) is 19.5 Å². The lowest BCUT2D eigenvalue weighted by molar-refractivity contribution is -0.150. The number of nitrogens with one attached hydrogen (secondary N) is 1. The lowest BCUT2D eigenvalue weighted by Crippen LogP contribution is -2.54. The average molecular weight is 483 g/mol. The van der Waals surface area contributed by atoms with Gasteiger partial charge in [0.1, 0.15) is 18.7 Å². The lowest BCUT2D eigenvalue weighted by atomic mass is 9.98. The van der Waals surface area contributed by atoms with Crippen molar-refractivity contribution in [2.24, 2.45) is 0 Å². The molecule has 2 atom stereocenters. The van der Waals surface area contributed by atoms with Crippen molar-refractivity contribution >= 4 is 29.7 Å². The lowest BCUT2D eigenvalue weighted by Gasteiger charge is -2.30. The second kappa shape index (κ2) is 10.5. The van der Waals surface area contributed by atoms with Gasteiger partial charge in [0.05, 0.1) is 0 Å². The molecule has 2 aliphatic rings. The highest BCUT2D eigenvalue weighted by molar-refractivity contribution is 7.98. The van der Waals surface area contributed by atoms with Gasteiger partial charge in [-0.15, -0.1) is 0 Å². The minimum atomic E-state index is -1.05. The number of hydrogen-bond donors (Lipinski definition) is 2. The molecule has 1 saturated carbocycles. The molecule has 2 aliphatic carbocycles. The van der Waals surface area contributed by atoms with E-state index in [2.05, 4.69) is 17.4 Å². The van der Waals surface area contributed by atoms with E-state index in [4.69, 9.17) is 4.74 Å². The number of hydrogen-bond acceptors (Lipinski definition) is 5. The Morgan fingerprint density at radius 3 is 2.21 bits per heavy atom. The van der Waals surface area contributed by atoms with E-state index in [-0.39, 0.29) is 24.5 Å². The van der Waals surface area contributed by atoms with Gasteiger partial charge in [-0.05, 0) is 60.4 Å². The van der Waals surface area contributed by atoms with Crippen LogP contribution in [0, 0.1) is 0 Å².